The first-order valence-corrected chi connectivity index (χ1v) is 7.67. The van der Waals surface area contributed by atoms with Gasteiger partial charge in [0.25, 0.3) is 0 Å². The number of thiazole rings is 1. The van der Waals surface area contributed by atoms with Crippen molar-refractivity contribution in [3.63, 3.8) is 0 Å². The third kappa shape index (κ3) is 2.34. The van der Waals surface area contributed by atoms with Crippen molar-refractivity contribution in [2.75, 3.05) is 5.32 Å². The van der Waals surface area contributed by atoms with Crippen molar-refractivity contribution in [3.05, 3.63) is 65.9 Å². The van der Waals surface area contributed by atoms with Crippen LogP contribution in [-0.2, 0) is 6.54 Å². The first kappa shape index (κ1) is 12.3. The predicted molar refractivity (Wildman–Crippen MR) is 88.7 cm³/mol. The van der Waals surface area contributed by atoms with Gasteiger partial charge in [0.1, 0.15) is 0 Å². The Balaban J connectivity index is 1.63. The second-order valence-electron chi connectivity index (χ2n) is 4.91. The van der Waals surface area contributed by atoms with E-state index >= 15 is 0 Å². The summed E-state index contributed by atoms with van der Waals surface area (Å²) in [5, 5.41) is 5.90. The number of rotatable bonds is 3. The second kappa shape index (κ2) is 5.14. The molecule has 0 amide bonds. The van der Waals surface area contributed by atoms with Gasteiger partial charge in [0, 0.05) is 30.0 Å². The van der Waals surface area contributed by atoms with E-state index in [0.717, 1.165) is 17.7 Å². The van der Waals surface area contributed by atoms with Crippen molar-refractivity contribution >= 4 is 38.0 Å². The summed E-state index contributed by atoms with van der Waals surface area (Å²) in [6.45, 7) is 0.763. The highest BCUT2D eigenvalue weighted by atomic mass is 32.1. The van der Waals surface area contributed by atoms with E-state index in [-0.39, 0.29) is 0 Å². The molecular weight excluding hydrogens is 278 g/mol. The van der Waals surface area contributed by atoms with E-state index in [0.29, 0.717) is 0 Å². The van der Waals surface area contributed by atoms with Gasteiger partial charge in [-0.3, -0.25) is 4.98 Å². The fraction of sp³-hybridized carbons (Fsp3) is 0.0588. The molecule has 0 aliphatic carbocycles. The summed E-state index contributed by atoms with van der Waals surface area (Å²) in [7, 11) is 0. The number of nitrogens with zero attached hydrogens (tertiary/aromatic N) is 2. The molecule has 0 saturated carbocycles. The van der Waals surface area contributed by atoms with Crippen molar-refractivity contribution < 1.29 is 0 Å². The molecule has 0 bridgehead atoms. The average molecular weight is 291 g/mol. The summed E-state index contributed by atoms with van der Waals surface area (Å²) in [6, 6.07) is 14.6. The summed E-state index contributed by atoms with van der Waals surface area (Å²) in [6.07, 6.45) is 3.84. The highest BCUT2D eigenvalue weighted by molar-refractivity contribution is 7.16. The number of benzene rings is 2. The zero-order chi connectivity index (χ0) is 14.1. The van der Waals surface area contributed by atoms with E-state index in [4.69, 9.17) is 0 Å². The van der Waals surface area contributed by atoms with Crippen LogP contribution in [-0.4, -0.2) is 9.97 Å². The molecule has 0 saturated heterocycles. The maximum Gasteiger partial charge on any atom is 0.0813 e. The van der Waals surface area contributed by atoms with Crippen molar-refractivity contribution in [2.24, 2.45) is 0 Å². The van der Waals surface area contributed by atoms with Crippen LogP contribution in [0.3, 0.4) is 0 Å². The fourth-order valence-corrected chi connectivity index (χ4v) is 3.20. The van der Waals surface area contributed by atoms with E-state index < -0.39 is 0 Å². The minimum Gasteiger partial charge on any atom is -0.381 e. The lowest BCUT2D eigenvalue weighted by atomic mass is 10.1. The van der Waals surface area contributed by atoms with Crippen LogP contribution in [0, 0.1) is 0 Å². The van der Waals surface area contributed by atoms with Crippen LogP contribution in [0.25, 0.3) is 21.0 Å². The van der Waals surface area contributed by atoms with Gasteiger partial charge < -0.3 is 5.32 Å². The predicted octanol–water partition coefficient (Wildman–Crippen LogP) is 4.46. The first-order valence-electron chi connectivity index (χ1n) is 6.79. The van der Waals surface area contributed by atoms with Crippen molar-refractivity contribution in [2.45, 2.75) is 6.54 Å². The smallest absolute Gasteiger partial charge is 0.0813 e. The van der Waals surface area contributed by atoms with E-state index in [2.05, 4.69) is 51.7 Å². The minimum atomic E-state index is 0.763. The number of fused-ring (bicyclic) bond motifs is 2. The van der Waals surface area contributed by atoms with E-state index in [1.807, 2.05) is 24.0 Å². The lowest BCUT2D eigenvalue weighted by molar-refractivity contribution is 1.14. The van der Waals surface area contributed by atoms with Crippen LogP contribution in [0.4, 0.5) is 5.69 Å². The minimum absolute atomic E-state index is 0.763. The summed E-state index contributed by atoms with van der Waals surface area (Å²) >= 11 is 1.66. The molecule has 4 rings (SSSR count). The number of anilines is 1. The number of nitrogens with one attached hydrogen (secondary N) is 1. The molecule has 102 valence electrons. The Morgan fingerprint density at radius 2 is 2.00 bits per heavy atom. The molecule has 0 aliphatic rings. The molecule has 0 spiro atoms. The molecule has 21 heavy (non-hydrogen) atoms. The van der Waals surface area contributed by atoms with Crippen LogP contribution in [0.1, 0.15) is 5.56 Å². The van der Waals surface area contributed by atoms with Crippen LogP contribution in [0.5, 0.6) is 0 Å². The summed E-state index contributed by atoms with van der Waals surface area (Å²) in [5.74, 6) is 0. The van der Waals surface area contributed by atoms with Gasteiger partial charge in [-0.25, -0.2) is 4.98 Å². The lowest BCUT2D eigenvalue weighted by Gasteiger charge is -2.09. The Hall–Kier alpha value is -2.46. The first-order chi connectivity index (χ1) is 10.4. The van der Waals surface area contributed by atoms with Crippen molar-refractivity contribution in [1.82, 2.24) is 9.97 Å². The molecule has 0 radical (unpaired) electrons. The standard InChI is InChI=1S/C17H13N3S/c1-2-4-15-12(3-1)8-18-9-13(15)10-19-14-5-6-16-17(7-14)21-11-20-16/h1-9,11,19H,10H2. The topological polar surface area (TPSA) is 37.8 Å². The fourth-order valence-electron chi connectivity index (χ4n) is 2.48. The molecule has 2 aromatic heterocycles. The van der Waals surface area contributed by atoms with Crippen molar-refractivity contribution in [1.29, 1.82) is 0 Å². The number of pyridine rings is 1. The third-order valence-corrected chi connectivity index (χ3v) is 4.36. The molecule has 4 aromatic rings. The molecular formula is C17H13N3S. The van der Waals surface area contributed by atoms with Gasteiger partial charge in [-0.2, -0.15) is 0 Å². The van der Waals surface area contributed by atoms with Crippen LogP contribution >= 0.6 is 11.3 Å². The quantitative estimate of drug-likeness (QED) is 0.605. The number of hydrogen-bond donors (Lipinski definition) is 1. The lowest BCUT2D eigenvalue weighted by Crippen LogP contribution is -2.00. The summed E-state index contributed by atoms with van der Waals surface area (Å²) in [5.41, 5.74) is 5.25. The zero-order valence-electron chi connectivity index (χ0n) is 11.3. The van der Waals surface area contributed by atoms with E-state index in [1.54, 1.807) is 11.3 Å². The van der Waals surface area contributed by atoms with Crippen LogP contribution in [0.2, 0.25) is 0 Å². The monoisotopic (exact) mass is 291 g/mol. The summed E-state index contributed by atoms with van der Waals surface area (Å²) in [4.78, 5) is 8.62. The van der Waals surface area contributed by atoms with Crippen LogP contribution < -0.4 is 5.32 Å². The maximum absolute atomic E-state index is 4.32. The Morgan fingerprint density at radius 3 is 3.00 bits per heavy atom. The van der Waals surface area contributed by atoms with E-state index in [1.165, 1.54) is 21.0 Å². The molecule has 1 N–H and O–H groups in total. The molecule has 0 atom stereocenters. The average Bonchev–Trinajstić information content (AvgIpc) is 3.00. The second-order valence-corrected chi connectivity index (χ2v) is 5.79. The number of aromatic nitrogens is 2. The molecule has 4 heteroatoms. The van der Waals surface area contributed by atoms with Crippen LogP contribution in [0.15, 0.2) is 60.4 Å². The van der Waals surface area contributed by atoms with Gasteiger partial charge in [0.15, 0.2) is 0 Å². The van der Waals surface area contributed by atoms with Gasteiger partial charge in [-0.15, -0.1) is 11.3 Å². The molecule has 3 nitrogen and oxygen atoms in total. The van der Waals surface area contributed by atoms with Gasteiger partial charge in [-0.05, 0) is 29.1 Å². The zero-order valence-corrected chi connectivity index (χ0v) is 12.1. The third-order valence-electron chi connectivity index (χ3n) is 3.56. The van der Waals surface area contributed by atoms with Gasteiger partial charge in [0.05, 0.1) is 15.7 Å². The Morgan fingerprint density at radius 1 is 1.05 bits per heavy atom. The Bertz CT molecular complexity index is 909. The Labute approximate surface area is 126 Å². The highest BCUT2D eigenvalue weighted by Crippen LogP contribution is 2.23. The molecule has 0 aliphatic heterocycles. The molecule has 2 heterocycles. The van der Waals surface area contributed by atoms with Gasteiger partial charge >= 0.3 is 0 Å². The normalized spacial score (nSPS) is 11.0. The molecule has 0 unspecified atom stereocenters. The maximum atomic E-state index is 4.32. The number of hydrogen-bond acceptors (Lipinski definition) is 4. The van der Waals surface area contributed by atoms with Gasteiger partial charge in [-0.1, -0.05) is 24.3 Å². The summed E-state index contributed by atoms with van der Waals surface area (Å²) < 4.78 is 1.20. The van der Waals surface area contributed by atoms with Crippen molar-refractivity contribution in [3.8, 4) is 0 Å². The van der Waals surface area contributed by atoms with Gasteiger partial charge in [0.2, 0.25) is 0 Å². The molecule has 0 fully saturated rings. The SMILES string of the molecule is c1ccc2c(CNc3ccc4ncsc4c3)cncc2c1. The highest BCUT2D eigenvalue weighted by Gasteiger charge is 2.02. The molecule has 2 aromatic carbocycles. The van der Waals surface area contributed by atoms with E-state index in [9.17, 15) is 0 Å². The Kier molecular flexibility index (Phi) is 3.01. The largest absolute Gasteiger partial charge is 0.381 e.